The highest BCUT2D eigenvalue weighted by Gasteiger charge is 2.30. The van der Waals surface area contributed by atoms with E-state index in [0.717, 1.165) is 17.6 Å². The molecule has 1 aliphatic rings. The van der Waals surface area contributed by atoms with Gasteiger partial charge >= 0.3 is 0 Å². The predicted octanol–water partition coefficient (Wildman–Crippen LogP) is 3.34. The molecule has 0 radical (unpaired) electrons. The molecule has 1 fully saturated rings. The SMILES string of the molecule is O=S(=O)(c1ccc(F)cc1)N1CCC(n2cnc3cc(F)ccc32)CC1. The summed E-state index contributed by atoms with van der Waals surface area (Å²) >= 11 is 0. The van der Waals surface area contributed by atoms with E-state index in [4.69, 9.17) is 0 Å². The van der Waals surface area contributed by atoms with Crippen molar-refractivity contribution in [2.45, 2.75) is 23.8 Å². The quantitative estimate of drug-likeness (QED) is 0.703. The van der Waals surface area contributed by atoms with E-state index in [1.54, 1.807) is 12.4 Å². The molecule has 2 aromatic carbocycles. The van der Waals surface area contributed by atoms with Crippen molar-refractivity contribution in [3.05, 3.63) is 60.4 Å². The lowest BCUT2D eigenvalue weighted by molar-refractivity contribution is 0.277. The molecular formula is C18H17F2N3O2S. The van der Waals surface area contributed by atoms with Crippen LogP contribution in [-0.4, -0.2) is 35.4 Å². The molecule has 1 aliphatic heterocycles. The number of sulfonamides is 1. The van der Waals surface area contributed by atoms with E-state index in [1.165, 1.54) is 28.6 Å². The normalized spacial score (nSPS) is 17.0. The standard InChI is InChI=1S/C18H17F2N3O2S/c19-13-1-4-16(5-2-13)26(24,25)22-9-7-15(8-10-22)23-12-21-17-11-14(20)3-6-18(17)23/h1-6,11-12,15H,7-10H2. The van der Waals surface area contributed by atoms with Crippen molar-refractivity contribution in [3.63, 3.8) is 0 Å². The minimum Gasteiger partial charge on any atom is -0.327 e. The van der Waals surface area contributed by atoms with E-state index in [-0.39, 0.29) is 16.8 Å². The Morgan fingerprint density at radius 3 is 2.31 bits per heavy atom. The van der Waals surface area contributed by atoms with Crippen LogP contribution in [0.3, 0.4) is 0 Å². The average Bonchev–Trinajstić information content (AvgIpc) is 3.05. The molecule has 26 heavy (non-hydrogen) atoms. The van der Waals surface area contributed by atoms with Crippen LogP contribution in [-0.2, 0) is 10.0 Å². The Morgan fingerprint density at radius 2 is 1.62 bits per heavy atom. The smallest absolute Gasteiger partial charge is 0.243 e. The minimum atomic E-state index is -3.63. The van der Waals surface area contributed by atoms with Crippen LogP contribution in [0, 0.1) is 11.6 Å². The Morgan fingerprint density at radius 1 is 0.962 bits per heavy atom. The van der Waals surface area contributed by atoms with Crippen molar-refractivity contribution in [1.29, 1.82) is 0 Å². The first-order valence-electron chi connectivity index (χ1n) is 8.33. The fraction of sp³-hybridized carbons (Fsp3) is 0.278. The highest BCUT2D eigenvalue weighted by molar-refractivity contribution is 7.89. The summed E-state index contributed by atoms with van der Waals surface area (Å²) in [6.45, 7) is 0.733. The van der Waals surface area contributed by atoms with Gasteiger partial charge in [0.1, 0.15) is 11.6 Å². The second kappa shape index (κ2) is 6.44. The first-order chi connectivity index (χ1) is 12.4. The summed E-state index contributed by atoms with van der Waals surface area (Å²) in [6.07, 6.45) is 2.94. The van der Waals surface area contributed by atoms with Gasteiger partial charge in [-0.1, -0.05) is 0 Å². The lowest BCUT2D eigenvalue weighted by Gasteiger charge is -2.32. The summed E-state index contributed by atoms with van der Waals surface area (Å²) in [5.41, 5.74) is 1.43. The number of halogens is 2. The highest BCUT2D eigenvalue weighted by atomic mass is 32.2. The number of imidazole rings is 1. The van der Waals surface area contributed by atoms with E-state index in [2.05, 4.69) is 4.98 Å². The molecule has 0 spiro atoms. The van der Waals surface area contributed by atoms with Crippen molar-refractivity contribution in [2.24, 2.45) is 0 Å². The molecule has 0 N–H and O–H groups in total. The monoisotopic (exact) mass is 377 g/mol. The van der Waals surface area contributed by atoms with E-state index in [9.17, 15) is 17.2 Å². The molecule has 0 aliphatic carbocycles. The summed E-state index contributed by atoms with van der Waals surface area (Å²) in [6, 6.07) is 9.45. The molecule has 0 atom stereocenters. The van der Waals surface area contributed by atoms with Gasteiger partial charge in [0.25, 0.3) is 0 Å². The van der Waals surface area contributed by atoms with Crippen molar-refractivity contribution in [3.8, 4) is 0 Å². The molecule has 0 amide bonds. The third kappa shape index (κ3) is 2.99. The van der Waals surface area contributed by atoms with Crippen LogP contribution >= 0.6 is 0 Å². The number of benzene rings is 2. The van der Waals surface area contributed by atoms with Gasteiger partial charge in [-0.2, -0.15) is 4.31 Å². The molecule has 8 heteroatoms. The van der Waals surface area contributed by atoms with Crippen LogP contribution in [0.4, 0.5) is 8.78 Å². The van der Waals surface area contributed by atoms with Gasteiger partial charge < -0.3 is 4.57 Å². The number of rotatable bonds is 3. The number of hydrogen-bond acceptors (Lipinski definition) is 3. The summed E-state index contributed by atoms with van der Waals surface area (Å²) in [5.74, 6) is -0.797. The van der Waals surface area contributed by atoms with Gasteiger partial charge in [-0.25, -0.2) is 22.2 Å². The van der Waals surface area contributed by atoms with Crippen molar-refractivity contribution >= 4 is 21.1 Å². The topological polar surface area (TPSA) is 55.2 Å². The number of hydrogen-bond donors (Lipinski definition) is 0. The Kier molecular flexibility index (Phi) is 4.24. The van der Waals surface area contributed by atoms with Gasteiger partial charge in [0.15, 0.2) is 0 Å². The number of aromatic nitrogens is 2. The summed E-state index contributed by atoms with van der Waals surface area (Å²) in [4.78, 5) is 4.33. The molecule has 3 aromatic rings. The number of piperidine rings is 1. The minimum absolute atomic E-state index is 0.0981. The van der Waals surface area contributed by atoms with Crippen LogP contribution in [0.15, 0.2) is 53.7 Å². The molecule has 0 unspecified atom stereocenters. The first-order valence-corrected chi connectivity index (χ1v) is 9.77. The highest BCUT2D eigenvalue weighted by Crippen LogP contribution is 2.29. The molecule has 2 heterocycles. The van der Waals surface area contributed by atoms with Gasteiger partial charge in [-0.05, 0) is 49.2 Å². The van der Waals surface area contributed by atoms with E-state index in [0.29, 0.717) is 31.4 Å². The van der Waals surface area contributed by atoms with E-state index < -0.39 is 15.8 Å². The Labute approximate surface area is 149 Å². The third-order valence-corrected chi connectivity index (χ3v) is 6.72. The maximum Gasteiger partial charge on any atom is 0.243 e. The second-order valence-electron chi connectivity index (χ2n) is 6.37. The molecule has 136 valence electrons. The van der Waals surface area contributed by atoms with Gasteiger partial charge in [-0.15, -0.1) is 0 Å². The van der Waals surface area contributed by atoms with E-state index in [1.807, 2.05) is 4.57 Å². The first kappa shape index (κ1) is 17.1. The average molecular weight is 377 g/mol. The van der Waals surface area contributed by atoms with Gasteiger partial charge in [0, 0.05) is 25.2 Å². The van der Waals surface area contributed by atoms with Crippen LogP contribution in [0.1, 0.15) is 18.9 Å². The van der Waals surface area contributed by atoms with E-state index >= 15 is 0 Å². The maximum absolute atomic E-state index is 13.3. The molecule has 5 nitrogen and oxygen atoms in total. The van der Waals surface area contributed by atoms with Gasteiger partial charge in [-0.3, -0.25) is 0 Å². The Bertz CT molecular complexity index is 1040. The third-order valence-electron chi connectivity index (χ3n) is 4.81. The number of nitrogens with zero attached hydrogens (tertiary/aromatic N) is 3. The second-order valence-corrected chi connectivity index (χ2v) is 8.31. The van der Waals surface area contributed by atoms with Crippen LogP contribution in [0.2, 0.25) is 0 Å². The Hall–Kier alpha value is -2.32. The van der Waals surface area contributed by atoms with Crippen LogP contribution in [0.5, 0.6) is 0 Å². The zero-order chi connectivity index (χ0) is 18.3. The zero-order valence-corrected chi connectivity index (χ0v) is 14.7. The molecule has 0 bridgehead atoms. The van der Waals surface area contributed by atoms with Gasteiger partial charge in [0.05, 0.1) is 22.3 Å². The van der Waals surface area contributed by atoms with Crippen molar-refractivity contribution in [2.75, 3.05) is 13.1 Å². The summed E-state index contributed by atoms with van der Waals surface area (Å²) in [7, 11) is -3.63. The maximum atomic E-state index is 13.3. The zero-order valence-electron chi connectivity index (χ0n) is 13.8. The number of fused-ring (bicyclic) bond motifs is 1. The molecule has 1 aromatic heterocycles. The fourth-order valence-electron chi connectivity index (χ4n) is 3.41. The lowest BCUT2D eigenvalue weighted by Crippen LogP contribution is -2.38. The summed E-state index contributed by atoms with van der Waals surface area (Å²) < 4.78 is 55.1. The van der Waals surface area contributed by atoms with Crippen LogP contribution < -0.4 is 0 Å². The molecule has 1 saturated heterocycles. The summed E-state index contributed by atoms with van der Waals surface area (Å²) in [5, 5.41) is 0. The largest absolute Gasteiger partial charge is 0.327 e. The van der Waals surface area contributed by atoms with Crippen molar-refractivity contribution in [1.82, 2.24) is 13.9 Å². The fourth-order valence-corrected chi connectivity index (χ4v) is 4.88. The van der Waals surface area contributed by atoms with Gasteiger partial charge in [0.2, 0.25) is 10.0 Å². The molecular weight excluding hydrogens is 360 g/mol. The molecule has 0 saturated carbocycles. The molecule has 4 rings (SSSR count). The van der Waals surface area contributed by atoms with Crippen LogP contribution in [0.25, 0.3) is 11.0 Å². The Balaban J connectivity index is 1.52. The predicted molar refractivity (Wildman–Crippen MR) is 93.1 cm³/mol. The lowest BCUT2D eigenvalue weighted by atomic mass is 10.1. The van der Waals surface area contributed by atoms with Crippen molar-refractivity contribution < 1.29 is 17.2 Å².